The molecule has 1 aliphatic carbocycles. The van der Waals surface area contributed by atoms with Crippen LogP contribution in [0.15, 0.2) is 11.4 Å². The Kier molecular flexibility index (Phi) is 5.33. The van der Waals surface area contributed by atoms with Crippen molar-refractivity contribution in [2.45, 2.75) is 36.8 Å². The van der Waals surface area contributed by atoms with E-state index < -0.39 is 0 Å². The lowest BCUT2D eigenvalue weighted by atomic mass is 10.2. The maximum atomic E-state index is 12.2. The number of thiazole rings is 1. The van der Waals surface area contributed by atoms with Gasteiger partial charge >= 0.3 is 0 Å². The maximum absolute atomic E-state index is 12.2. The van der Waals surface area contributed by atoms with E-state index in [-0.39, 0.29) is 5.91 Å². The SMILES string of the molecule is O=C(CSc1ncnc2nc(N3CCOCC3)sc12)NC1CCCC1. The largest absolute Gasteiger partial charge is 0.378 e. The van der Waals surface area contributed by atoms with E-state index in [0.717, 1.165) is 54.0 Å². The van der Waals surface area contributed by atoms with Crippen LogP contribution in [0.25, 0.3) is 10.3 Å². The van der Waals surface area contributed by atoms with Crippen molar-refractivity contribution < 1.29 is 9.53 Å². The Labute approximate surface area is 154 Å². The highest BCUT2D eigenvalue weighted by atomic mass is 32.2. The first kappa shape index (κ1) is 17.0. The van der Waals surface area contributed by atoms with E-state index in [1.807, 2.05) is 0 Å². The molecular weight excluding hydrogens is 358 g/mol. The van der Waals surface area contributed by atoms with Crippen molar-refractivity contribution in [3.05, 3.63) is 6.33 Å². The van der Waals surface area contributed by atoms with Crippen LogP contribution in [0.2, 0.25) is 0 Å². The quantitative estimate of drug-likeness (QED) is 0.629. The molecule has 0 radical (unpaired) electrons. The zero-order valence-corrected chi connectivity index (χ0v) is 15.6. The van der Waals surface area contributed by atoms with Gasteiger partial charge in [-0.1, -0.05) is 35.9 Å². The molecule has 1 saturated heterocycles. The Hall–Kier alpha value is -1.45. The van der Waals surface area contributed by atoms with Gasteiger partial charge in [-0.15, -0.1) is 0 Å². The van der Waals surface area contributed by atoms with Gasteiger partial charge in [0, 0.05) is 19.1 Å². The van der Waals surface area contributed by atoms with Crippen molar-refractivity contribution in [1.82, 2.24) is 20.3 Å². The lowest BCUT2D eigenvalue weighted by Crippen LogP contribution is -2.36. The number of anilines is 1. The van der Waals surface area contributed by atoms with Gasteiger partial charge < -0.3 is 15.0 Å². The molecule has 2 aromatic rings. The summed E-state index contributed by atoms with van der Waals surface area (Å²) in [7, 11) is 0. The minimum Gasteiger partial charge on any atom is -0.378 e. The van der Waals surface area contributed by atoms with Crippen LogP contribution >= 0.6 is 23.1 Å². The molecule has 3 heterocycles. The van der Waals surface area contributed by atoms with Gasteiger partial charge in [0.25, 0.3) is 0 Å². The zero-order valence-electron chi connectivity index (χ0n) is 13.9. The molecule has 0 spiro atoms. The second kappa shape index (κ2) is 7.84. The van der Waals surface area contributed by atoms with E-state index in [1.165, 1.54) is 30.9 Å². The number of hydrogen-bond donors (Lipinski definition) is 1. The minimum atomic E-state index is 0.0848. The van der Waals surface area contributed by atoms with E-state index in [2.05, 4.69) is 25.2 Å². The summed E-state index contributed by atoms with van der Waals surface area (Å²) in [5.41, 5.74) is 0.709. The monoisotopic (exact) mass is 379 g/mol. The minimum absolute atomic E-state index is 0.0848. The number of morpholine rings is 1. The van der Waals surface area contributed by atoms with Crippen LogP contribution in [0.5, 0.6) is 0 Å². The first-order chi connectivity index (χ1) is 12.3. The summed E-state index contributed by atoms with van der Waals surface area (Å²) in [6.45, 7) is 3.15. The number of thioether (sulfide) groups is 1. The summed E-state index contributed by atoms with van der Waals surface area (Å²) in [5.74, 6) is 0.467. The third-order valence-corrected chi connectivity index (χ3v) is 6.72. The highest BCUT2D eigenvalue weighted by Gasteiger charge is 2.20. The topological polar surface area (TPSA) is 80.2 Å². The molecule has 1 amide bonds. The summed E-state index contributed by atoms with van der Waals surface area (Å²) in [6.07, 6.45) is 6.17. The van der Waals surface area contributed by atoms with Crippen LogP contribution in [0.3, 0.4) is 0 Å². The van der Waals surface area contributed by atoms with Crippen LogP contribution in [0.1, 0.15) is 25.7 Å². The number of aromatic nitrogens is 3. The number of rotatable bonds is 5. The van der Waals surface area contributed by atoms with Crippen molar-refractivity contribution >= 4 is 44.5 Å². The molecule has 0 aromatic carbocycles. The average Bonchev–Trinajstić information content (AvgIpc) is 3.30. The van der Waals surface area contributed by atoms with Gasteiger partial charge in [-0.05, 0) is 12.8 Å². The van der Waals surface area contributed by atoms with Gasteiger partial charge in [-0.25, -0.2) is 9.97 Å². The van der Waals surface area contributed by atoms with Crippen molar-refractivity contribution in [3.63, 3.8) is 0 Å². The molecule has 1 aliphatic heterocycles. The van der Waals surface area contributed by atoms with Gasteiger partial charge in [-0.2, -0.15) is 4.98 Å². The van der Waals surface area contributed by atoms with Gasteiger partial charge in [0.05, 0.1) is 19.0 Å². The molecule has 9 heteroatoms. The number of ether oxygens (including phenoxy) is 1. The molecular formula is C16H21N5O2S2. The van der Waals surface area contributed by atoms with Gasteiger partial charge in [0.15, 0.2) is 10.8 Å². The zero-order chi connectivity index (χ0) is 17.1. The number of fused-ring (bicyclic) bond motifs is 1. The fraction of sp³-hybridized carbons (Fsp3) is 0.625. The second-order valence-corrected chi connectivity index (χ2v) is 8.21. The molecule has 0 bridgehead atoms. The predicted octanol–water partition coefficient (Wildman–Crippen LogP) is 2.07. The Bertz CT molecular complexity index is 741. The average molecular weight is 380 g/mol. The van der Waals surface area contributed by atoms with Crippen LogP contribution in [-0.4, -0.2) is 59.0 Å². The summed E-state index contributed by atoms with van der Waals surface area (Å²) in [6, 6.07) is 0.356. The standard InChI is InChI=1S/C16H21N5O2S2/c22-12(19-11-3-1-2-4-11)9-24-15-13-14(17-10-18-15)20-16(25-13)21-5-7-23-8-6-21/h10-11H,1-9H2,(H,19,22). The van der Waals surface area contributed by atoms with Crippen LogP contribution < -0.4 is 10.2 Å². The summed E-state index contributed by atoms with van der Waals surface area (Å²) >= 11 is 3.06. The normalized spacial score (nSPS) is 18.8. The number of nitrogens with zero attached hydrogens (tertiary/aromatic N) is 4. The molecule has 1 N–H and O–H groups in total. The molecule has 1 saturated carbocycles. The Morgan fingerprint density at radius 3 is 2.92 bits per heavy atom. The third kappa shape index (κ3) is 4.04. The molecule has 134 valence electrons. The van der Waals surface area contributed by atoms with E-state index in [9.17, 15) is 4.79 Å². The number of amides is 1. The van der Waals surface area contributed by atoms with Crippen molar-refractivity contribution in [2.24, 2.45) is 0 Å². The molecule has 2 aliphatic rings. The fourth-order valence-corrected chi connectivity index (χ4v) is 5.14. The number of hydrogen-bond acceptors (Lipinski definition) is 8. The molecule has 0 unspecified atom stereocenters. The number of nitrogens with one attached hydrogen (secondary N) is 1. The van der Waals surface area contributed by atoms with Crippen molar-refractivity contribution in [3.8, 4) is 0 Å². The number of carbonyl (C=O) groups excluding carboxylic acids is 1. The number of carbonyl (C=O) groups is 1. The molecule has 25 heavy (non-hydrogen) atoms. The predicted molar refractivity (Wildman–Crippen MR) is 99.4 cm³/mol. The smallest absolute Gasteiger partial charge is 0.230 e. The Morgan fingerprint density at radius 1 is 1.32 bits per heavy atom. The van der Waals surface area contributed by atoms with Crippen molar-refractivity contribution in [1.29, 1.82) is 0 Å². The van der Waals surface area contributed by atoms with Crippen LogP contribution in [0.4, 0.5) is 5.13 Å². The lowest BCUT2D eigenvalue weighted by molar-refractivity contribution is -0.119. The van der Waals surface area contributed by atoms with E-state index in [0.29, 0.717) is 17.4 Å². The van der Waals surface area contributed by atoms with Crippen LogP contribution in [-0.2, 0) is 9.53 Å². The summed E-state index contributed by atoms with van der Waals surface area (Å²) in [5, 5.41) is 4.91. The molecule has 2 fully saturated rings. The Balaban J connectivity index is 1.43. The molecule has 4 rings (SSSR count). The first-order valence-electron chi connectivity index (χ1n) is 8.66. The molecule has 2 aromatic heterocycles. The van der Waals surface area contributed by atoms with Gasteiger partial charge in [-0.3, -0.25) is 4.79 Å². The Morgan fingerprint density at radius 2 is 2.12 bits per heavy atom. The summed E-state index contributed by atoms with van der Waals surface area (Å²) in [4.78, 5) is 27.7. The van der Waals surface area contributed by atoms with Gasteiger partial charge in [0.2, 0.25) is 5.91 Å². The van der Waals surface area contributed by atoms with Gasteiger partial charge in [0.1, 0.15) is 16.1 Å². The maximum Gasteiger partial charge on any atom is 0.230 e. The third-order valence-electron chi connectivity index (χ3n) is 4.49. The van der Waals surface area contributed by atoms with Crippen molar-refractivity contribution in [2.75, 3.05) is 37.0 Å². The van der Waals surface area contributed by atoms with E-state index in [4.69, 9.17) is 4.74 Å². The fourth-order valence-electron chi connectivity index (χ4n) is 3.19. The second-order valence-electron chi connectivity index (χ2n) is 6.26. The lowest BCUT2D eigenvalue weighted by Gasteiger charge is -2.25. The van der Waals surface area contributed by atoms with E-state index in [1.54, 1.807) is 11.3 Å². The molecule has 7 nitrogen and oxygen atoms in total. The molecule has 0 atom stereocenters. The van der Waals surface area contributed by atoms with Crippen LogP contribution in [0, 0.1) is 0 Å². The van der Waals surface area contributed by atoms with E-state index >= 15 is 0 Å². The highest BCUT2D eigenvalue weighted by Crippen LogP contribution is 2.33. The first-order valence-corrected chi connectivity index (χ1v) is 10.5. The highest BCUT2D eigenvalue weighted by molar-refractivity contribution is 8.00. The summed E-state index contributed by atoms with van der Waals surface area (Å²) < 4.78 is 6.36.